The van der Waals surface area contributed by atoms with Crippen molar-refractivity contribution in [3.8, 4) is 0 Å². The van der Waals surface area contributed by atoms with Crippen LogP contribution in [-0.2, 0) is 27.4 Å². The average molecular weight is 388 g/mol. The van der Waals surface area contributed by atoms with Crippen LogP contribution in [0.2, 0.25) is 0 Å². The van der Waals surface area contributed by atoms with E-state index in [0.29, 0.717) is 13.0 Å². The molecule has 0 saturated carbocycles. The number of nitrogens with two attached hydrogens (primary N) is 1. The first kappa shape index (κ1) is 19.8. The molecule has 0 bridgehead atoms. The van der Waals surface area contributed by atoms with Crippen molar-refractivity contribution < 1.29 is 14.3 Å². The maximum atomic E-state index is 13.1. The normalized spacial score (nSPS) is 16.2. The summed E-state index contributed by atoms with van der Waals surface area (Å²) in [6, 6.07) is 9.25. The smallest absolute Gasteiger partial charge is 0.330 e. The van der Waals surface area contributed by atoms with Gasteiger partial charge in [-0.1, -0.05) is 30.3 Å². The number of nitrogens with zero attached hydrogens (tertiary/aromatic N) is 2. The summed E-state index contributed by atoms with van der Waals surface area (Å²) in [4.78, 5) is 41.5. The second-order valence-corrected chi connectivity index (χ2v) is 6.55. The monoisotopic (exact) mass is 388 g/mol. The summed E-state index contributed by atoms with van der Waals surface area (Å²) in [6.07, 6.45) is 0.710. The fourth-order valence-corrected chi connectivity index (χ4v) is 3.22. The van der Waals surface area contributed by atoms with Gasteiger partial charge in [0.25, 0.3) is 11.5 Å². The highest BCUT2D eigenvalue weighted by Gasteiger charge is 2.32. The number of aromatic nitrogens is 2. The van der Waals surface area contributed by atoms with E-state index in [9.17, 15) is 14.4 Å². The van der Waals surface area contributed by atoms with E-state index < -0.39 is 17.4 Å². The van der Waals surface area contributed by atoms with Gasteiger partial charge in [0, 0.05) is 13.7 Å². The molecule has 1 amide bonds. The zero-order valence-electron chi connectivity index (χ0n) is 15.7. The highest BCUT2D eigenvalue weighted by molar-refractivity contribution is 5.98. The second-order valence-electron chi connectivity index (χ2n) is 6.55. The zero-order valence-corrected chi connectivity index (χ0v) is 15.7. The number of ether oxygens (including phenoxy) is 2. The molecule has 2 heterocycles. The number of anilines is 2. The number of hydrogen-bond donors (Lipinski definition) is 2. The van der Waals surface area contributed by atoms with E-state index in [0.717, 1.165) is 12.0 Å². The molecule has 1 atom stereocenters. The zero-order chi connectivity index (χ0) is 20.1. The lowest BCUT2D eigenvalue weighted by atomic mass is 10.1. The lowest BCUT2D eigenvalue weighted by Gasteiger charge is -2.26. The van der Waals surface area contributed by atoms with E-state index in [2.05, 4.69) is 4.98 Å². The summed E-state index contributed by atoms with van der Waals surface area (Å²) in [5, 5.41) is 0. The van der Waals surface area contributed by atoms with Gasteiger partial charge in [-0.3, -0.25) is 24.0 Å². The van der Waals surface area contributed by atoms with Crippen molar-refractivity contribution in [3.63, 3.8) is 0 Å². The van der Waals surface area contributed by atoms with Gasteiger partial charge in [-0.05, 0) is 18.4 Å². The van der Waals surface area contributed by atoms with Crippen molar-refractivity contribution in [2.45, 2.75) is 32.0 Å². The van der Waals surface area contributed by atoms with Crippen molar-refractivity contribution in [3.05, 3.63) is 56.7 Å². The highest BCUT2D eigenvalue weighted by atomic mass is 16.5. The Bertz CT molecular complexity index is 932. The SMILES string of the molecule is COCCn1c(N)c(N(Cc2ccccc2)C(=O)C2CCCO2)c(=O)[nH]c1=O. The number of nitrogens with one attached hydrogen (secondary N) is 1. The predicted molar refractivity (Wildman–Crippen MR) is 104 cm³/mol. The van der Waals surface area contributed by atoms with E-state index in [-0.39, 0.29) is 37.1 Å². The number of methoxy groups -OCH3 is 1. The summed E-state index contributed by atoms with van der Waals surface area (Å²) < 4.78 is 11.7. The van der Waals surface area contributed by atoms with Crippen LogP contribution >= 0.6 is 0 Å². The van der Waals surface area contributed by atoms with Crippen LogP contribution in [0.15, 0.2) is 39.9 Å². The Hall–Kier alpha value is -2.91. The Morgan fingerprint density at radius 3 is 2.75 bits per heavy atom. The van der Waals surface area contributed by atoms with Crippen molar-refractivity contribution >= 4 is 17.4 Å². The molecule has 3 rings (SSSR count). The number of nitrogen functional groups attached to an aromatic ring is 1. The highest BCUT2D eigenvalue weighted by Crippen LogP contribution is 2.24. The molecule has 1 aromatic carbocycles. The number of amides is 1. The molecule has 0 spiro atoms. The van der Waals surface area contributed by atoms with Crippen molar-refractivity contribution in [2.24, 2.45) is 0 Å². The van der Waals surface area contributed by atoms with Crippen molar-refractivity contribution in [1.82, 2.24) is 9.55 Å². The summed E-state index contributed by atoms with van der Waals surface area (Å²) in [5.74, 6) is -0.427. The van der Waals surface area contributed by atoms with Gasteiger partial charge in [0.2, 0.25) is 0 Å². The van der Waals surface area contributed by atoms with Crippen LogP contribution < -0.4 is 21.9 Å². The summed E-state index contributed by atoms with van der Waals surface area (Å²) in [6.45, 7) is 1.01. The fourth-order valence-electron chi connectivity index (χ4n) is 3.22. The second kappa shape index (κ2) is 8.85. The fraction of sp³-hybridized carbons (Fsp3) is 0.421. The molecule has 3 N–H and O–H groups in total. The molecule has 1 saturated heterocycles. The van der Waals surface area contributed by atoms with Crippen LogP contribution in [-0.4, -0.2) is 41.9 Å². The minimum absolute atomic E-state index is 0.0555. The van der Waals surface area contributed by atoms with Gasteiger partial charge < -0.3 is 15.2 Å². The molecule has 1 unspecified atom stereocenters. The first-order chi connectivity index (χ1) is 13.5. The van der Waals surface area contributed by atoms with E-state index >= 15 is 0 Å². The van der Waals surface area contributed by atoms with Gasteiger partial charge in [-0.25, -0.2) is 4.79 Å². The van der Waals surface area contributed by atoms with Crippen LogP contribution in [0.1, 0.15) is 18.4 Å². The predicted octanol–water partition coefficient (Wildman–Crippen LogP) is 0.477. The van der Waals surface area contributed by atoms with Gasteiger partial charge in [-0.15, -0.1) is 0 Å². The number of H-pyrrole nitrogens is 1. The molecular formula is C19H24N4O5. The van der Waals surface area contributed by atoms with Crippen molar-refractivity contribution in [1.29, 1.82) is 0 Å². The lowest BCUT2D eigenvalue weighted by Crippen LogP contribution is -2.44. The third-order valence-electron chi connectivity index (χ3n) is 4.66. The van der Waals surface area contributed by atoms with Crippen LogP contribution in [0.3, 0.4) is 0 Å². The van der Waals surface area contributed by atoms with E-state index in [4.69, 9.17) is 15.2 Å². The molecular weight excluding hydrogens is 364 g/mol. The largest absolute Gasteiger partial charge is 0.383 e. The van der Waals surface area contributed by atoms with E-state index in [1.165, 1.54) is 16.6 Å². The quantitative estimate of drug-likeness (QED) is 0.712. The van der Waals surface area contributed by atoms with Crippen LogP contribution in [0, 0.1) is 0 Å². The number of rotatable bonds is 7. The Morgan fingerprint density at radius 2 is 2.11 bits per heavy atom. The Balaban J connectivity index is 2.07. The van der Waals surface area contributed by atoms with Crippen LogP contribution in [0.4, 0.5) is 11.5 Å². The van der Waals surface area contributed by atoms with Gasteiger partial charge in [0.15, 0.2) is 5.69 Å². The molecule has 1 aliphatic rings. The maximum Gasteiger partial charge on any atom is 0.330 e. The number of carbonyl (C=O) groups is 1. The molecule has 28 heavy (non-hydrogen) atoms. The molecule has 150 valence electrons. The lowest BCUT2D eigenvalue weighted by molar-refractivity contribution is -0.127. The molecule has 0 aliphatic carbocycles. The van der Waals surface area contributed by atoms with Crippen molar-refractivity contribution in [2.75, 3.05) is 31.0 Å². The number of carbonyl (C=O) groups excluding carboxylic acids is 1. The molecule has 2 aromatic rings. The number of benzene rings is 1. The Kier molecular flexibility index (Phi) is 6.27. The molecule has 1 aliphatic heterocycles. The van der Waals surface area contributed by atoms with Gasteiger partial charge >= 0.3 is 5.69 Å². The molecule has 9 heteroatoms. The van der Waals surface area contributed by atoms with Gasteiger partial charge in [0.1, 0.15) is 11.9 Å². The first-order valence-corrected chi connectivity index (χ1v) is 9.11. The van der Waals surface area contributed by atoms with Crippen LogP contribution in [0.5, 0.6) is 0 Å². The van der Waals surface area contributed by atoms with Crippen LogP contribution in [0.25, 0.3) is 0 Å². The topological polar surface area (TPSA) is 120 Å². The molecule has 0 radical (unpaired) electrons. The van der Waals surface area contributed by atoms with E-state index in [1.807, 2.05) is 30.3 Å². The van der Waals surface area contributed by atoms with Gasteiger partial charge in [0.05, 0.1) is 19.7 Å². The first-order valence-electron chi connectivity index (χ1n) is 9.11. The minimum Gasteiger partial charge on any atom is -0.383 e. The standard InChI is InChI=1S/C19H24N4O5/c1-27-11-9-22-16(20)15(17(24)21-19(22)26)23(12-13-6-3-2-4-7-13)18(25)14-8-5-10-28-14/h2-4,6-7,14H,5,8-12,20H2,1H3,(H,21,24,26). The minimum atomic E-state index is -0.710. The third-order valence-corrected chi connectivity index (χ3v) is 4.66. The number of hydrogen-bond acceptors (Lipinski definition) is 6. The third kappa shape index (κ3) is 4.15. The average Bonchev–Trinajstić information content (AvgIpc) is 3.22. The summed E-state index contributed by atoms with van der Waals surface area (Å²) in [7, 11) is 1.50. The molecule has 1 aromatic heterocycles. The summed E-state index contributed by atoms with van der Waals surface area (Å²) in [5.41, 5.74) is 5.58. The number of aromatic amines is 1. The molecule has 9 nitrogen and oxygen atoms in total. The summed E-state index contributed by atoms with van der Waals surface area (Å²) >= 11 is 0. The van der Waals surface area contributed by atoms with E-state index in [1.54, 1.807) is 0 Å². The van der Waals surface area contributed by atoms with Gasteiger partial charge in [-0.2, -0.15) is 0 Å². The Labute approximate surface area is 161 Å². The maximum absolute atomic E-state index is 13.1. The molecule has 1 fully saturated rings. The Morgan fingerprint density at radius 1 is 1.36 bits per heavy atom.